The molecule has 0 spiro atoms. The predicted octanol–water partition coefficient (Wildman–Crippen LogP) is 4.19. The topological polar surface area (TPSA) is 74.7 Å². The van der Waals surface area contributed by atoms with Crippen LogP contribution in [-0.2, 0) is 0 Å². The number of pyridine rings is 1. The number of halogens is 1. The first-order valence-electron chi connectivity index (χ1n) is 6.28. The Hall–Kier alpha value is -2.58. The fourth-order valence-electron chi connectivity index (χ4n) is 2.18. The summed E-state index contributed by atoms with van der Waals surface area (Å²) in [5.41, 5.74) is 8.86. The fourth-order valence-corrected chi connectivity index (χ4v) is 2.55. The molecule has 0 amide bonds. The number of hydrogen-bond donors (Lipinski definition) is 2. The fraction of sp³-hybridized carbons (Fsp3) is 0. The Morgan fingerprint density at radius 3 is 2.76 bits per heavy atom. The number of nitriles is 1. The lowest BCUT2D eigenvalue weighted by Gasteiger charge is -2.12. The van der Waals surface area contributed by atoms with E-state index in [1.165, 1.54) is 0 Å². The van der Waals surface area contributed by atoms with Crippen LogP contribution in [0.1, 0.15) is 5.56 Å². The Bertz CT molecular complexity index is 868. The number of nitrogens with zero attached hydrogens (tertiary/aromatic N) is 2. The monoisotopic (exact) mass is 338 g/mol. The minimum atomic E-state index is 0.576. The molecule has 0 fully saturated rings. The molecule has 0 saturated carbocycles. The Balaban J connectivity index is 2.13. The molecule has 5 heteroatoms. The Labute approximate surface area is 130 Å². The van der Waals surface area contributed by atoms with Gasteiger partial charge in [0.15, 0.2) is 0 Å². The van der Waals surface area contributed by atoms with Crippen LogP contribution in [-0.4, -0.2) is 4.98 Å². The number of anilines is 3. The van der Waals surface area contributed by atoms with E-state index in [4.69, 9.17) is 5.73 Å². The molecule has 3 aromatic rings. The lowest BCUT2D eigenvalue weighted by molar-refractivity contribution is 1.36. The van der Waals surface area contributed by atoms with Crippen LogP contribution in [0.5, 0.6) is 0 Å². The quantitative estimate of drug-likeness (QED) is 0.687. The van der Waals surface area contributed by atoms with Gasteiger partial charge in [0.05, 0.1) is 11.3 Å². The van der Waals surface area contributed by atoms with Crippen molar-refractivity contribution in [1.29, 1.82) is 5.26 Å². The van der Waals surface area contributed by atoms with Gasteiger partial charge in [-0.1, -0.05) is 15.9 Å². The lowest BCUT2D eigenvalue weighted by Crippen LogP contribution is -1.96. The molecule has 21 heavy (non-hydrogen) atoms. The van der Waals surface area contributed by atoms with Gasteiger partial charge in [-0.15, -0.1) is 0 Å². The van der Waals surface area contributed by atoms with Crippen LogP contribution in [0.4, 0.5) is 17.1 Å². The second-order valence-electron chi connectivity index (χ2n) is 4.55. The summed E-state index contributed by atoms with van der Waals surface area (Å²) in [6.07, 6.45) is 3.47. The van der Waals surface area contributed by atoms with Gasteiger partial charge in [-0.25, -0.2) is 0 Å². The number of rotatable bonds is 2. The summed E-state index contributed by atoms with van der Waals surface area (Å²) in [6, 6.07) is 13.3. The van der Waals surface area contributed by atoms with Crippen LogP contribution in [0.15, 0.2) is 53.3 Å². The van der Waals surface area contributed by atoms with E-state index < -0.39 is 0 Å². The van der Waals surface area contributed by atoms with E-state index in [1.807, 2.05) is 30.3 Å². The van der Waals surface area contributed by atoms with Crippen LogP contribution < -0.4 is 11.1 Å². The molecule has 2 aromatic carbocycles. The third kappa shape index (κ3) is 2.54. The predicted molar refractivity (Wildman–Crippen MR) is 88.3 cm³/mol. The highest BCUT2D eigenvalue weighted by atomic mass is 79.9. The minimum Gasteiger partial charge on any atom is -0.398 e. The van der Waals surface area contributed by atoms with Crippen molar-refractivity contribution in [3.05, 3.63) is 58.8 Å². The van der Waals surface area contributed by atoms with Crippen molar-refractivity contribution in [1.82, 2.24) is 4.98 Å². The number of nitrogen functional groups attached to an aromatic ring is 1. The van der Waals surface area contributed by atoms with Crippen molar-refractivity contribution in [3.8, 4) is 6.07 Å². The largest absolute Gasteiger partial charge is 0.398 e. The summed E-state index contributed by atoms with van der Waals surface area (Å²) in [4.78, 5) is 4.15. The Morgan fingerprint density at radius 1 is 1.10 bits per heavy atom. The molecule has 0 radical (unpaired) electrons. The maximum Gasteiger partial charge on any atom is 0.101 e. The van der Waals surface area contributed by atoms with Gasteiger partial charge in [0.2, 0.25) is 0 Å². The van der Waals surface area contributed by atoms with Crippen LogP contribution in [0, 0.1) is 11.3 Å². The standard InChI is InChI=1S/C16H11BrN4/c17-11-2-1-10(8-18)16(7-11)21-15-4-3-14(19)12-5-6-20-9-13(12)15/h1-7,9,21H,19H2. The molecule has 3 rings (SSSR count). The third-order valence-electron chi connectivity index (χ3n) is 3.22. The molecule has 0 unspecified atom stereocenters. The second kappa shape index (κ2) is 5.43. The molecule has 1 aromatic heterocycles. The molecular weight excluding hydrogens is 328 g/mol. The highest BCUT2D eigenvalue weighted by Crippen LogP contribution is 2.31. The first-order valence-corrected chi connectivity index (χ1v) is 7.07. The molecule has 0 saturated heterocycles. The van der Waals surface area contributed by atoms with Crippen LogP contribution in [0.2, 0.25) is 0 Å². The van der Waals surface area contributed by atoms with E-state index in [0.717, 1.165) is 26.6 Å². The highest BCUT2D eigenvalue weighted by molar-refractivity contribution is 9.10. The average molecular weight is 339 g/mol. The van der Waals surface area contributed by atoms with Crippen molar-refractivity contribution >= 4 is 43.8 Å². The van der Waals surface area contributed by atoms with Gasteiger partial charge in [-0.3, -0.25) is 4.98 Å². The first-order chi connectivity index (χ1) is 10.2. The van der Waals surface area contributed by atoms with Crippen molar-refractivity contribution in [2.75, 3.05) is 11.1 Å². The molecule has 0 aliphatic carbocycles. The first kappa shape index (κ1) is 13.4. The molecule has 1 heterocycles. The zero-order valence-electron chi connectivity index (χ0n) is 11.0. The normalized spacial score (nSPS) is 10.3. The maximum absolute atomic E-state index is 9.21. The number of benzene rings is 2. The highest BCUT2D eigenvalue weighted by Gasteiger charge is 2.07. The van der Waals surface area contributed by atoms with E-state index in [0.29, 0.717) is 11.3 Å². The Morgan fingerprint density at radius 2 is 1.95 bits per heavy atom. The minimum absolute atomic E-state index is 0.576. The SMILES string of the molecule is N#Cc1ccc(Br)cc1Nc1ccc(N)c2ccncc12. The molecule has 0 aliphatic heterocycles. The average Bonchev–Trinajstić information content (AvgIpc) is 2.51. The number of nitrogens with one attached hydrogen (secondary N) is 1. The number of fused-ring (bicyclic) bond motifs is 1. The van der Waals surface area contributed by atoms with E-state index in [9.17, 15) is 5.26 Å². The number of hydrogen-bond acceptors (Lipinski definition) is 4. The second-order valence-corrected chi connectivity index (χ2v) is 5.47. The summed E-state index contributed by atoms with van der Waals surface area (Å²) < 4.78 is 0.905. The summed E-state index contributed by atoms with van der Waals surface area (Å²) >= 11 is 3.42. The van der Waals surface area contributed by atoms with E-state index in [2.05, 4.69) is 32.3 Å². The molecule has 3 N–H and O–H groups in total. The van der Waals surface area contributed by atoms with E-state index in [-0.39, 0.29) is 0 Å². The Kier molecular flexibility index (Phi) is 3.46. The number of aromatic nitrogens is 1. The molecular formula is C16H11BrN4. The van der Waals surface area contributed by atoms with Gasteiger partial charge < -0.3 is 11.1 Å². The zero-order chi connectivity index (χ0) is 14.8. The summed E-state index contributed by atoms with van der Waals surface area (Å²) in [5.74, 6) is 0. The smallest absolute Gasteiger partial charge is 0.101 e. The molecule has 4 nitrogen and oxygen atoms in total. The van der Waals surface area contributed by atoms with Crippen LogP contribution in [0.3, 0.4) is 0 Å². The van der Waals surface area contributed by atoms with E-state index in [1.54, 1.807) is 18.5 Å². The number of nitrogens with two attached hydrogens (primary N) is 1. The summed E-state index contributed by atoms with van der Waals surface area (Å²) in [6.45, 7) is 0. The molecule has 102 valence electrons. The van der Waals surface area contributed by atoms with Crippen molar-refractivity contribution in [2.45, 2.75) is 0 Å². The van der Waals surface area contributed by atoms with Crippen LogP contribution >= 0.6 is 15.9 Å². The zero-order valence-corrected chi connectivity index (χ0v) is 12.6. The van der Waals surface area contributed by atoms with Gasteiger partial charge in [0.1, 0.15) is 6.07 Å². The van der Waals surface area contributed by atoms with Crippen LogP contribution in [0.25, 0.3) is 10.8 Å². The van der Waals surface area contributed by atoms with Gasteiger partial charge in [-0.05, 0) is 36.4 Å². The van der Waals surface area contributed by atoms with Gasteiger partial charge in [0.25, 0.3) is 0 Å². The third-order valence-corrected chi connectivity index (χ3v) is 3.72. The van der Waals surface area contributed by atoms with Crippen molar-refractivity contribution in [3.63, 3.8) is 0 Å². The molecule has 0 bridgehead atoms. The van der Waals surface area contributed by atoms with E-state index >= 15 is 0 Å². The van der Waals surface area contributed by atoms with Crippen molar-refractivity contribution < 1.29 is 0 Å². The van der Waals surface area contributed by atoms with Crippen molar-refractivity contribution in [2.24, 2.45) is 0 Å². The molecule has 0 aliphatic rings. The van der Waals surface area contributed by atoms with Gasteiger partial charge in [-0.2, -0.15) is 5.26 Å². The van der Waals surface area contributed by atoms with Gasteiger partial charge in [0, 0.05) is 39.0 Å². The lowest BCUT2D eigenvalue weighted by atomic mass is 10.1. The van der Waals surface area contributed by atoms with Gasteiger partial charge >= 0.3 is 0 Å². The summed E-state index contributed by atoms with van der Waals surface area (Å²) in [5, 5.41) is 14.3. The molecule has 0 atom stereocenters. The summed E-state index contributed by atoms with van der Waals surface area (Å²) in [7, 11) is 0. The maximum atomic E-state index is 9.21.